The number of thioether (sulfide) groups is 1. The van der Waals surface area contributed by atoms with E-state index in [0.29, 0.717) is 55.7 Å². The second-order valence-electron chi connectivity index (χ2n) is 10.6. The van der Waals surface area contributed by atoms with Crippen molar-refractivity contribution in [2.75, 3.05) is 25.1 Å². The van der Waals surface area contributed by atoms with Crippen molar-refractivity contribution in [3.8, 4) is 11.4 Å². The van der Waals surface area contributed by atoms with Crippen LogP contribution in [0.5, 0.6) is 0 Å². The fourth-order valence-corrected chi connectivity index (χ4v) is 5.30. The van der Waals surface area contributed by atoms with Gasteiger partial charge in [-0.05, 0) is 30.8 Å². The highest BCUT2D eigenvalue weighted by molar-refractivity contribution is 7.98. The van der Waals surface area contributed by atoms with E-state index in [1.165, 1.54) is 0 Å². The molecule has 0 saturated carbocycles. The van der Waals surface area contributed by atoms with Crippen molar-refractivity contribution in [3.63, 3.8) is 0 Å². The summed E-state index contributed by atoms with van der Waals surface area (Å²) in [5.41, 5.74) is 0.424. The van der Waals surface area contributed by atoms with Gasteiger partial charge in [-0.15, -0.1) is 0 Å². The van der Waals surface area contributed by atoms with Gasteiger partial charge in [0, 0.05) is 37.9 Å². The number of fused-ring (bicyclic) bond motifs is 1. The maximum atomic E-state index is 13.5. The molecule has 0 fully saturated rings. The summed E-state index contributed by atoms with van der Waals surface area (Å²) in [5.74, 6) is 1.60. The summed E-state index contributed by atoms with van der Waals surface area (Å²) in [6, 6.07) is 8.45. The number of carbonyl (C=O) groups excluding carboxylic acids is 3. The molecule has 4 N–H and O–H groups in total. The molecule has 226 valence electrons. The van der Waals surface area contributed by atoms with Crippen molar-refractivity contribution in [1.29, 1.82) is 0 Å². The number of H-pyrrole nitrogens is 2. The van der Waals surface area contributed by atoms with Crippen LogP contribution in [0.15, 0.2) is 35.1 Å². The Hall–Kier alpha value is -3.94. The lowest BCUT2D eigenvalue weighted by Crippen LogP contribution is -2.49. The lowest BCUT2D eigenvalue weighted by atomic mass is 10.0. The highest BCUT2D eigenvalue weighted by Gasteiger charge is 2.30. The normalized spacial score (nSPS) is 18.7. The molecule has 2 aromatic heterocycles. The molecule has 0 aliphatic carbocycles. The number of aromatic amines is 2. The van der Waals surface area contributed by atoms with E-state index in [1.54, 1.807) is 21.3 Å². The minimum Gasteiger partial charge on any atom is -0.344 e. The van der Waals surface area contributed by atoms with Gasteiger partial charge in [-0.2, -0.15) is 22.0 Å². The Bertz CT molecular complexity index is 1400. The van der Waals surface area contributed by atoms with Gasteiger partial charge in [0.15, 0.2) is 11.6 Å². The first-order valence-electron chi connectivity index (χ1n) is 14.2. The monoisotopic (exact) mass is 597 g/mol. The SMILES string of the molecule is CSCC[C@@H]1NC(=O)CCCN(C(=O)CCc2n[nH]c(=O)[nH]2)CCn2nc(-c3ccccc3)nc2[C@@H](C(C)C)NC1=O. The predicted octanol–water partition coefficient (Wildman–Crippen LogP) is 1.66. The number of benzene rings is 1. The van der Waals surface area contributed by atoms with E-state index in [4.69, 9.17) is 10.1 Å². The number of rotatable bonds is 8. The third kappa shape index (κ3) is 8.30. The zero-order valence-corrected chi connectivity index (χ0v) is 25.1. The molecular formula is C28H39N9O4S. The molecule has 1 aromatic carbocycles. The van der Waals surface area contributed by atoms with Gasteiger partial charge in [0.1, 0.15) is 11.9 Å². The van der Waals surface area contributed by atoms with E-state index >= 15 is 0 Å². The Morgan fingerprint density at radius 1 is 1.10 bits per heavy atom. The molecule has 3 amide bonds. The summed E-state index contributed by atoms with van der Waals surface area (Å²) >= 11 is 1.61. The molecule has 3 aromatic rings. The topological polar surface area (TPSA) is 171 Å². The summed E-state index contributed by atoms with van der Waals surface area (Å²) in [6.45, 7) is 5.03. The van der Waals surface area contributed by atoms with Crippen LogP contribution >= 0.6 is 11.8 Å². The average molecular weight is 598 g/mol. The zero-order valence-electron chi connectivity index (χ0n) is 24.3. The number of nitrogens with zero attached hydrogens (tertiary/aromatic N) is 5. The van der Waals surface area contributed by atoms with Crippen molar-refractivity contribution < 1.29 is 14.4 Å². The number of hydrogen-bond acceptors (Lipinski definition) is 8. The van der Waals surface area contributed by atoms with Crippen LogP contribution in [0.3, 0.4) is 0 Å². The van der Waals surface area contributed by atoms with Crippen molar-refractivity contribution >= 4 is 29.5 Å². The van der Waals surface area contributed by atoms with Crippen LogP contribution in [0.25, 0.3) is 11.4 Å². The first-order chi connectivity index (χ1) is 20.2. The van der Waals surface area contributed by atoms with E-state index in [9.17, 15) is 19.2 Å². The predicted molar refractivity (Wildman–Crippen MR) is 159 cm³/mol. The summed E-state index contributed by atoms with van der Waals surface area (Å²) in [4.78, 5) is 60.2. The quantitative estimate of drug-likeness (QED) is 0.304. The highest BCUT2D eigenvalue weighted by atomic mass is 32.2. The third-order valence-electron chi connectivity index (χ3n) is 7.13. The second kappa shape index (κ2) is 14.8. The fraction of sp³-hybridized carbons (Fsp3) is 0.536. The minimum atomic E-state index is -0.687. The van der Waals surface area contributed by atoms with Crippen LogP contribution in [0.4, 0.5) is 0 Å². The van der Waals surface area contributed by atoms with Gasteiger partial charge in [0.25, 0.3) is 0 Å². The van der Waals surface area contributed by atoms with Crippen LogP contribution in [0.2, 0.25) is 0 Å². The molecule has 0 saturated heterocycles. The number of carbonyl (C=O) groups is 3. The Morgan fingerprint density at radius 3 is 2.57 bits per heavy atom. The third-order valence-corrected chi connectivity index (χ3v) is 7.77. The number of nitrogens with one attached hydrogen (secondary N) is 4. The van der Waals surface area contributed by atoms with Crippen LogP contribution in [0.1, 0.15) is 57.2 Å². The Labute approximate surface area is 248 Å². The summed E-state index contributed by atoms with van der Waals surface area (Å²) in [7, 11) is 0. The van der Waals surface area contributed by atoms with Crippen molar-refractivity contribution in [3.05, 3.63) is 52.5 Å². The van der Waals surface area contributed by atoms with Gasteiger partial charge in [-0.25, -0.2) is 19.6 Å². The van der Waals surface area contributed by atoms with Crippen LogP contribution in [-0.4, -0.2) is 83.7 Å². The number of hydrogen-bond donors (Lipinski definition) is 4. The molecule has 1 aliphatic rings. The molecule has 0 spiro atoms. The summed E-state index contributed by atoms with van der Waals surface area (Å²) in [5, 5.41) is 17.1. The van der Waals surface area contributed by atoms with Gasteiger partial charge in [0.05, 0.1) is 12.6 Å². The smallest absolute Gasteiger partial charge is 0.340 e. The van der Waals surface area contributed by atoms with Gasteiger partial charge in [-0.1, -0.05) is 44.2 Å². The zero-order chi connectivity index (χ0) is 30.1. The molecule has 0 unspecified atom stereocenters. The molecule has 3 heterocycles. The van der Waals surface area contributed by atoms with Crippen molar-refractivity contribution in [2.45, 2.75) is 64.6 Å². The van der Waals surface area contributed by atoms with Crippen LogP contribution in [-0.2, 0) is 27.3 Å². The lowest BCUT2D eigenvalue weighted by molar-refractivity contribution is -0.132. The molecule has 0 radical (unpaired) electrons. The van der Waals surface area contributed by atoms with E-state index < -0.39 is 17.8 Å². The summed E-state index contributed by atoms with van der Waals surface area (Å²) in [6.07, 6.45) is 3.49. The largest absolute Gasteiger partial charge is 0.344 e. The van der Waals surface area contributed by atoms with E-state index in [2.05, 4.69) is 25.8 Å². The standard InChI is InChI=1S/C28H39N9O4S/c1-18(2)24-26-32-25(19-8-5-4-6-9-19)35-37(26)16-15-36(23(39)12-11-21-30-28(41)34-33-21)14-7-10-22(38)29-20(13-17-42-3)27(40)31-24/h4-6,8-9,18,20,24H,7,10-17H2,1-3H3,(H,29,38)(H,31,40)(H2,30,33,34,41)/t20-,24+/m0/s1. The molecular weight excluding hydrogens is 558 g/mol. The average Bonchev–Trinajstić information content (AvgIpc) is 3.60. The maximum Gasteiger partial charge on any atom is 0.340 e. The first-order valence-corrected chi connectivity index (χ1v) is 15.6. The van der Waals surface area contributed by atoms with Gasteiger partial charge < -0.3 is 15.5 Å². The molecule has 13 nitrogen and oxygen atoms in total. The maximum absolute atomic E-state index is 13.5. The molecule has 14 heteroatoms. The van der Waals surface area contributed by atoms with E-state index in [1.807, 2.05) is 50.4 Å². The minimum absolute atomic E-state index is 0.0286. The highest BCUT2D eigenvalue weighted by Crippen LogP contribution is 2.25. The summed E-state index contributed by atoms with van der Waals surface area (Å²) < 4.78 is 1.78. The van der Waals surface area contributed by atoms with Gasteiger partial charge in [-0.3, -0.25) is 19.4 Å². The first kappa shape index (κ1) is 31.0. The second-order valence-corrected chi connectivity index (χ2v) is 11.6. The Morgan fingerprint density at radius 2 is 1.88 bits per heavy atom. The lowest BCUT2D eigenvalue weighted by Gasteiger charge is -2.28. The molecule has 4 rings (SSSR count). The number of amides is 3. The van der Waals surface area contributed by atoms with Gasteiger partial charge in [0.2, 0.25) is 17.7 Å². The number of aryl methyl sites for hydroxylation is 1. The Kier molecular flexibility index (Phi) is 10.9. The van der Waals surface area contributed by atoms with Crippen LogP contribution < -0.4 is 16.3 Å². The number of aromatic nitrogens is 6. The molecule has 42 heavy (non-hydrogen) atoms. The van der Waals surface area contributed by atoms with Gasteiger partial charge >= 0.3 is 5.69 Å². The molecule has 0 bridgehead atoms. The fourth-order valence-electron chi connectivity index (χ4n) is 4.83. The molecule has 1 aliphatic heterocycles. The van der Waals surface area contributed by atoms with E-state index in [-0.39, 0.29) is 42.9 Å². The van der Waals surface area contributed by atoms with Crippen molar-refractivity contribution in [1.82, 2.24) is 45.5 Å². The Balaban J connectivity index is 1.65. The van der Waals surface area contributed by atoms with Crippen molar-refractivity contribution in [2.24, 2.45) is 5.92 Å². The molecule has 2 atom stereocenters. The van der Waals surface area contributed by atoms with E-state index in [0.717, 1.165) is 5.56 Å². The van der Waals surface area contributed by atoms with Crippen LogP contribution in [0, 0.1) is 5.92 Å².